The number of carbonyl (C=O) groups excluding carboxylic acids is 6. The van der Waals surface area contributed by atoms with Gasteiger partial charge in [0.25, 0.3) is 23.3 Å². The number of aromatic nitrogens is 2. The Hall–Kier alpha value is -6.99. The van der Waals surface area contributed by atoms with Gasteiger partial charge in [0.2, 0.25) is 17.7 Å². The van der Waals surface area contributed by atoms with Crippen LogP contribution >= 0.6 is 0 Å². The molecule has 4 N–H and O–H groups in total. The topological polar surface area (TPSA) is 226 Å². The third kappa shape index (κ3) is 10.6. The Morgan fingerprint density at radius 2 is 1.41 bits per heavy atom. The number of anilines is 1. The van der Waals surface area contributed by atoms with E-state index in [9.17, 15) is 33.6 Å². The van der Waals surface area contributed by atoms with E-state index in [0.717, 1.165) is 16.0 Å². The lowest BCUT2D eigenvalue weighted by atomic mass is 10.0. The van der Waals surface area contributed by atoms with Crippen molar-refractivity contribution in [3.05, 3.63) is 112 Å². The largest absolute Gasteiger partial charge is 0.457 e. The molecule has 2 aliphatic heterocycles. The lowest BCUT2D eigenvalue weighted by Gasteiger charge is -2.27. The van der Waals surface area contributed by atoms with Crippen molar-refractivity contribution in [2.45, 2.75) is 25.3 Å². The highest BCUT2D eigenvalue weighted by Crippen LogP contribution is 2.37. The zero-order chi connectivity index (χ0) is 44.3. The Morgan fingerprint density at radius 1 is 0.746 bits per heavy atom. The Labute approximate surface area is 360 Å². The van der Waals surface area contributed by atoms with E-state index >= 15 is 0 Å². The van der Waals surface area contributed by atoms with Gasteiger partial charge in [0, 0.05) is 42.7 Å². The van der Waals surface area contributed by atoms with Crippen LogP contribution in [0.4, 0.5) is 5.69 Å². The molecule has 3 aromatic carbocycles. The fraction of sp³-hybridized carbons (Fsp3) is 0.311. The number of pyridine rings is 1. The van der Waals surface area contributed by atoms with E-state index in [0.29, 0.717) is 48.8 Å². The Balaban J connectivity index is 0.744. The fourth-order valence-electron chi connectivity index (χ4n) is 7.15. The van der Waals surface area contributed by atoms with Crippen molar-refractivity contribution in [3.8, 4) is 22.6 Å². The third-order valence-electron chi connectivity index (χ3n) is 10.2. The maximum absolute atomic E-state index is 13.2. The van der Waals surface area contributed by atoms with Crippen molar-refractivity contribution < 1.29 is 52.5 Å². The minimum absolute atomic E-state index is 0.00192. The lowest BCUT2D eigenvalue weighted by molar-refractivity contribution is -0.136. The van der Waals surface area contributed by atoms with Crippen molar-refractivity contribution in [2.24, 2.45) is 7.05 Å². The number of carbonyl (C=O) groups is 6. The number of fused-ring (bicyclic) bond motifs is 2. The molecule has 18 nitrogen and oxygen atoms in total. The van der Waals surface area contributed by atoms with E-state index < -0.39 is 35.6 Å². The molecule has 0 bridgehead atoms. The first-order valence-corrected chi connectivity index (χ1v) is 20.4. The number of aromatic amines is 1. The van der Waals surface area contributed by atoms with Crippen LogP contribution in [0.2, 0.25) is 0 Å². The summed E-state index contributed by atoms with van der Waals surface area (Å²) in [5.74, 6) is -2.11. The normalized spacial score (nSPS) is 14.8. The molecule has 7 rings (SSSR count). The van der Waals surface area contributed by atoms with Crippen molar-refractivity contribution in [1.29, 1.82) is 0 Å². The molecule has 1 atom stereocenters. The SMILES string of the molecule is Cn1cc(-c2ccccc2Oc2ccccc2)c2cc(C(=O)NCCOCCOCCOCCOCCC(=O)Nc3cccc4c3C(=O)N(C3CCC(=O)NC3=O)C4=O)[nH]c2c1=O. The summed E-state index contributed by atoms with van der Waals surface area (Å²) in [6.07, 6.45) is 1.74. The molecule has 1 saturated heterocycles. The molecule has 0 radical (unpaired) electrons. The van der Waals surface area contributed by atoms with Gasteiger partial charge in [-0.05, 0) is 42.8 Å². The Morgan fingerprint density at radius 3 is 2.14 bits per heavy atom. The summed E-state index contributed by atoms with van der Waals surface area (Å²) < 4.78 is 29.7. The second kappa shape index (κ2) is 20.7. The van der Waals surface area contributed by atoms with Crippen LogP contribution < -0.4 is 26.2 Å². The van der Waals surface area contributed by atoms with Crippen LogP contribution in [0.3, 0.4) is 0 Å². The number of imide groups is 2. The molecule has 63 heavy (non-hydrogen) atoms. The highest BCUT2D eigenvalue weighted by Gasteiger charge is 2.45. The summed E-state index contributed by atoms with van der Waals surface area (Å²) in [7, 11) is 1.66. The molecule has 328 valence electrons. The quantitative estimate of drug-likeness (QED) is 0.0614. The van der Waals surface area contributed by atoms with Gasteiger partial charge >= 0.3 is 0 Å². The Bertz CT molecular complexity index is 2570. The van der Waals surface area contributed by atoms with Crippen LogP contribution in [0.1, 0.15) is 50.5 Å². The molecule has 18 heteroatoms. The number of rotatable bonds is 21. The van der Waals surface area contributed by atoms with Gasteiger partial charge in [-0.25, -0.2) is 0 Å². The molecule has 0 spiro atoms. The smallest absolute Gasteiger partial charge is 0.274 e. The predicted molar refractivity (Wildman–Crippen MR) is 227 cm³/mol. The van der Waals surface area contributed by atoms with Crippen molar-refractivity contribution in [2.75, 3.05) is 64.7 Å². The third-order valence-corrected chi connectivity index (χ3v) is 10.2. The van der Waals surface area contributed by atoms with E-state index in [1.165, 1.54) is 22.8 Å². The second-order valence-electron chi connectivity index (χ2n) is 14.5. The maximum atomic E-state index is 13.2. The van der Waals surface area contributed by atoms with Gasteiger partial charge in [-0.3, -0.25) is 43.8 Å². The fourth-order valence-corrected chi connectivity index (χ4v) is 7.15. The van der Waals surface area contributed by atoms with Crippen molar-refractivity contribution >= 4 is 52.0 Å². The first-order chi connectivity index (χ1) is 30.6. The van der Waals surface area contributed by atoms with Crippen LogP contribution in [0.25, 0.3) is 22.0 Å². The summed E-state index contributed by atoms with van der Waals surface area (Å²) in [4.78, 5) is 92.7. The minimum atomic E-state index is -1.11. The van der Waals surface area contributed by atoms with E-state index in [1.807, 2.05) is 54.6 Å². The number of benzene rings is 3. The number of H-pyrrole nitrogens is 1. The molecular weight excluding hydrogens is 817 g/mol. The molecule has 0 aliphatic carbocycles. The number of ether oxygens (including phenoxy) is 5. The van der Waals surface area contributed by atoms with Gasteiger partial charge in [0.1, 0.15) is 28.8 Å². The predicted octanol–water partition coefficient (Wildman–Crippen LogP) is 3.55. The summed E-state index contributed by atoms with van der Waals surface area (Å²) >= 11 is 0. The standard InChI is InChI=1S/C45H46N6O12/c1-50-27-32(29-10-5-6-13-36(29)63-28-8-3-2-4-9-28)31-26-34(48-40(31)45(50)58)41(54)46-17-19-60-21-23-62-25-24-61-22-20-59-18-16-38(53)47-33-12-7-11-30-39(33)44(57)51(43(30)56)35-14-15-37(52)49-42(35)55/h2-13,26-27,35,48H,14-25H2,1H3,(H,46,54)(H,47,53)(H,49,52,55). The average Bonchev–Trinajstić information content (AvgIpc) is 3.84. The number of nitrogens with zero attached hydrogens (tertiary/aromatic N) is 2. The van der Waals surface area contributed by atoms with E-state index in [2.05, 4.69) is 20.9 Å². The second-order valence-corrected chi connectivity index (χ2v) is 14.5. The summed E-state index contributed by atoms with van der Waals surface area (Å²) in [5, 5.41) is 8.21. The minimum Gasteiger partial charge on any atom is -0.457 e. The number of amides is 6. The van der Waals surface area contributed by atoms with Crippen LogP contribution in [0.5, 0.6) is 11.5 Å². The molecule has 4 heterocycles. The van der Waals surface area contributed by atoms with E-state index in [4.69, 9.17) is 23.7 Å². The van der Waals surface area contributed by atoms with Gasteiger partial charge in [-0.2, -0.15) is 0 Å². The number of piperidine rings is 1. The molecule has 5 aromatic rings. The summed E-state index contributed by atoms with van der Waals surface area (Å²) in [6.45, 7) is 2.28. The molecule has 0 saturated carbocycles. The number of aryl methyl sites for hydroxylation is 1. The van der Waals surface area contributed by atoms with Crippen LogP contribution in [0, 0.1) is 0 Å². The lowest BCUT2D eigenvalue weighted by Crippen LogP contribution is -2.54. The molecule has 1 fully saturated rings. The molecule has 1 unspecified atom stereocenters. The summed E-state index contributed by atoms with van der Waals surface area (Å²) in [6, 6.07) is 21.9. The van der Waals surface area contributed by atoms with Crippen molar-refractivity contribution in [1.82, 2.24) is 25.1 Å². The van der Waals surface area contributed by atoms with E-state index in [-0.39, 0.29) is 86.2 Å². The van der Waals surface area contributed by atoms with Gasteiger partial charge in [-0.15, -0.1) is 0 Å². The van der Waals surface area contributed by atoms with Gasteiger partial charge in [-0.1, -0.05) is 42.5 Å². The molecule has 2 aliphatic rings. The summed E-state index contributed by atoms with van der Waals surface area (Å²) in [5.41, 5.74) is 1.97. The molecule has 2 aromatic heterocycles. The average molecular weight is 863 g/mol. The molecular formula is C45H46N6O12. The highest BCUT2D eigenvalue weighted by molar-refractivity contribution is 6.26. The first kappa shape index (κ1) is 44.1. The van der Waals surface area contributed by atoms with Crippen LogP contribution in [0.15, 0.2) is 89.9 Å². The van der Waals surface area contributed by atoms with Gasteiger partial charge < -0.3 is 43.9 Å². The number of hydrogen-bond acceptors (Lipinski definition) is 12. The number of nitrogens with one attached hydrogen (secondary N) is 4. The van der Waals surface area contributed by atoms with Gasteiger partial charge in [0.05, 0.1) is 76.1 Å². The van der Waals surface area contributed by atoms with Crippen LogP contribution in [-0.4, -0.2) is 115 Å². The maximum Gasteiger partial charge on any atom is 0.274 e. The molecule has 6 amide bonds. The first-order valence-electron chi connectivity index (χ1n) is 20.4. The van der Waals surface area contributed by atoms with Crippen molar-refractivity contribution in [3.63, 3.8) is 0 Å². The number of hydrogen-bond donors (Lipinski definition) is 4. The monoisotopic (exact) mass is 862 g/mol. The Kier molecular flexibility index (Phi) is 14.5. The zero-order valence-corrected chi connectivity index (χ0v) is 34.4. The van der Waals surface area contributed by atoms with Gasteiger partial charge in [0.15, 0.2) is 0 Å². The zero-order valence-electron chi connectivity index (χ0n) is 34.4. The highest BCUT2D eigenvalue weighted by atomic mass is 16.6. The number of para-hydroxylation sites is 2. The van der Waals surface area contributed by atoms with Crippen LogP contribution in [-0.2, 0) is 40.4 Å². The van der Waals surface area contributed by atoms with E-state index in [1.54, 1.807) is 19.3 Å².